The monoisotopic (exact) mass is 327 g/mol. The Bertz CT molecular complexity index is 771. The maximum atomic E-state index is 12.4. The lowest BCUT2D eigenvalue weighted by atomic mass is 10.1. The van der Waals surface area contributed by atoms with Gasteiger partial charge in [-0.05, 0) is 36.6 Å². The van der Waals surface area contributed by atoms with Crippen LogP contribution in [-0.4, -0.2) is 10.4 Å². The molecule has 3 heteroatoms. The van der Waals surface area contributed by atoms with E-state index in [-0.39, 0.29) is 5.78 Å². The van der Waals surface area contributed by atoms with Crippen molar-refractivity contribution >= 4 is 32.6 Å². The third-order valence-electron chi connectivity index (χ3n) is 3.49. The Balaban J connectivity index is 1.95. The number of benzene rings is 2. The number of hydrogen-bond acceptors (Lipinski definition) is 1. The Morgan fingerprint density at radius 1 is 1.10 bits per heavy atom. The summed E-state index contributed by atoms with van der Waals surface area (Å²) in [6, 6.07) is 17.8. The Labute approximate surface area is 126 Å². The Morgan fingerprint density at radius 2 is 1.80 bits per heavy atom. The number of nitrogens with zero attached hydrogens (tertiary/aromatic N) is 1. The van der Waals surface area contributed by atoms with Gasteiger partial charge in [-0.25, -0.2) is 0 Å². The van der Waals surface area contributed by atoms with Crippen molar-refractivity contribution in [1.82, 2.24) is 4.57 Å². The summed E-state index contributed by atoms with van der Waals surface area (Å²) in [6.07, 6.45) is 0. The molecule has 0 atom stereocenters. The first kappa shape index (κ1) is 13.1. The van der Waals surface area contributed by atoms with Gasteiger partial charge in [0, 0.05) is 21.2 Å². The fraction of sp³-hybridized carbons (Fsp3) is 0.118. The number of fused-ring (bicyclic) bond motifs is 1. The number of aryl methyl sites for hydroxylation is 1. The molecule has 0 bridgehead atoms. The van der Waals surface area contributed by atoms with E-state index in [9.17, 15) is 4.79 Å². The Morgan fingerprint density at radius 3 is 2.55 bits per heavy atom. The highest BCUT2D eigenvalue weighted by atomic mass is 79.9. The molecule has 3 rings (SSSR count). The molecule has 0 saturated carbocycles. The van der Waals surface area contributed by atoms with Gasteiger partial charge in [0.2, 0.25) is 0 Å². The summed E-state index contributed by atoms with van der Waals surface area (Å²) in [6.45, 7) is 2.41. The van der Waals surface area contributed by atoms with Gasteiger partial charge in [-0.2, -0.15) is 0 Å². The maximum absolute atomic E-state index is 12.4. The molecule has 100 valence electrons. The highest BCUT2D eigenvalue weighted by Crippen LogP contribution is 2.20. The van der Waals surface area contributed by atoms with E-state index in [1.165, 1.54) is 5.39 Å². The van der Waals surface area contributed by atoms with Gasteiger partial charge < -0.3 is 4.57 Å². The number of halogens is 1. The average Bonchev–Trinajstić information content (AvgIpc) is 2.76. The van der Waals surface area contributed by atoms with Crippen LogP contribution in [0.2, 0.25) is 0 Å². The summed E-state index contributed by atoms with van der Waals surface area (Å²) >= 11 is 3.38. The first-order valence-corrected chi connectivity index (χ1v) is 7.28. The first-order chi connectivity index (χ1) is 9.65. The minimum Gasteiger partial charge on any atom is -0.337 e. The van der Waals surface area contributed by atoms with Crippen molar-refractivity contribution in [2.75, 3.05) is 0 Å². The summed E-state index contributed by atoms with van der Waals surface area (Å²) in [5, 5.41) is 1.17. The van der Waals surface area contributed by atoms with Crippen molar-refractivity contribution in [1.29, 1.82) is 0 Å². The van der Waals surface area contributed by atoms with E-state index in [0.29, 0.717) is 6.54 Å². The zero-order valence-corrected chi connectivity index (χ0v) is 12.7. The third-order valence-corrected chi connectivity index (χ3v) is 4.01. The number of aromatic nitrogens is 1. The molecule has 0 radical (unpaired) electrons. The molecule has 1 heterocycles. The van der Waals surface area contributed by atoms with Crippen LogP contribution in [-0.2, 0) is 6.54 Å². The molecular formula is C17H14BrNO. The third kappa shape index (κ3) is 2.41. The highest BCUT2D eigenvalue weighted by molar-refractivity contribution is 9.10. The van der Waals surface area contributed by atoms with E-state index in [1.807, 2.05) is 43.3 Å². The van der Waals surface area contributed by atoms with Crippen molar-refractivity contribution < 1.29 is 4.79 Å². The number of ketones is 1. The second-order valence-corrected chi connectivity index (χ2v) is 5.78. The molecule has 0 unspecified atom stereocenters. The van der Waals surface area contributed by atoms with Crippen LogP contribution in [0.4, 0.5) is 0 Å². The van der Waals surface area contributed by atoms with Gasteiger partial charge in [0.05, 0.1) is 6.54 Å². The summed E-state index contributed by atoms with van der Waals surface area (Å²) < 4.78 is 3.05. The van der Waals surface area contributed by atoms with Crippen LogP contribution in [0.25, 0.3) is 10.9 Å². The van der Waals surface area contributed by atoms with Crippen LogP contribution in [0.3, 0.4) is 0 Å². The van der Waals surface area contributed by atoms with Crippen LogP contribution in [0, 0.1) is 6.92 Å². The van der Waals surface area contributed by atoms with Gasteiger partial charge in [0.15, 0.2) is 5.78 Å². The summed E-state index contributed by atoms with van der Waals surface area (Å²) in [4.78, 5) is 12.4. The van der Waals surface area contributed by atoms with Crippen LogP contribution in [0.5, 0.6) is 0 Å². The second-order valence-electron chi connectivity index (χ2n) is 4.86. The van der Waals surface area contributed by atoms with Crippen molar-refractivity contribution in [2.45, 2.75) is 13.5 Å². The Hall–Kier alpha value is -1.87. The van der Waals surface area contributed by atoms with Gasteiger partial charge in [-0.3, -0.25) is 4.79 Å². The lowest BCUT2D eigenvalue weighted by Crippen LogP contribution is -2.11. The largest absolute Gasteiger partial charge is 0.337 e. The number of hydrogen-bond donors (Lipinski definition) is 0. The molecule has 20 heavy (non-hydrogen) atoms. The number of carbonyl (C=O) groups is 1. The average molecular weight is 328 g/mol. The normalized spacial score (nSPS) is 10.9. The topological polar surface area (TPSA) is 22.0 Å². The predicted molar refractivity (Wildman–Crippen MR) is 85.1 cm³/mol. The van der Waals surface area contributed by atoms with E-state index >= 15 is 0 Å². The van der Waals surface area contributed by atoms with E-state index in [4.69, 9.17) is 0 Å². The van der Waals surface area contributed by atoms with Crippen LogP contribution in [0.15, 0.2) is 59.1 Å². The molecule has 2 aromatic carbocycles. The molecule has 0 aliphatic rings. The minimum absolute atomic E-state index is 0.127. The SMILES string of the molecule is Cc1cc2ccccc2n1CC(=O)c1ccc(Br)cc1. The summed E-state index contributed by atoms with van der Waals surface area (Å²) in [5.41, 5.74) is 2.96. The molecule has 3 aromatic rings. The van der Waals surface area contributed by atoms with Crippen LogP contribution >= 0.6 is 15.9 Å². The lowest BCUT2D eigenvalue weighted by Gasteiger charge is -2.07. The van der Waals surface area contributed by atoms with Gasteiger partial charge in [0.1, 0.15) is 0 Å². The fourth-order valence-corrected chi connectivity index (χ4v) is 2.69. The molecule has 0 amide bonds. The standard InChI is InChI=1S/C17H14BrNO/c1-12-10-14-4-2-3-5-16(14)19(12)11-17(20)13-6-8-15(18)9-7-13/h2-10H,11H2,1H3. The zero-order valence-electron chi connectivity index (χ0n) is 11.1. The first-order valence-electron chi connectivity index (χ1n) is 6.49. The van der Waals surface area contributed by atoms with Crippen molar-refractivity contribution in [2.24, 2.45) is 0 Å². The molecule has 0 saturated heterocycles. The predicted octanol–water partition coefficient (Wildman–Crippen LogP) is 4.60. The van der Waals surface area contributed by atoms with Gasteiger partial charge in [-0.1, -0.05) is 46.3 Å². The van der Waals surface area contributed by atoms with E-state index in [1.54, 1.807) is 0 Å². The van der Waals surface area contributed by atoms with E-state index < -0.39 is 0 Å². The maximum Gasteiger partial charge on any atom is 0.182 e. The molecule has 0 aliphatic carbocycles. The number of rotatable bonds is 3. The smallest absolute Gasteiger partial charge is 0.182 e. The zero-order chi connectivity index (χ0) is 14.1. The van der Waals surface area contributed by atoms with Gasteiger partial charge >= 0.3 is 0 Å². The Kier molecular flexibility index (Phi) is 3.45. The highest BCUT2D eigenvalue weighted by Gasteiger charge is 2.11. The van der Waals surface area contributed by atoms with E-state index in [2.05, 4.69) is 38.7 Å². The van der Waals surface area contributed by atoms with Gasteiger partial charge in [0.25, 0.3) is 0 Å². The second kappa shape index (κ2) is 5.25. The molecule has 1 aromatic heterocycles. The lowest BCUT2D eigenvalue weighted by molar-refractivity contribution is 0.0973. The van der Waals surface area contributed by atoms with E-state index in [0.717, 1.165) is 21.2 Å². The molecule has 0 N–H and O–H groups in total. The molecule has 0 spiro atoms. The summed E-state index contributed by atoms with van der Waals surface area (Å²) in [7, 11) is 0. The quantitative estimate of drug-likeness (QED) is 0.644. The number of para-hydroxylation sites is 1. The summed E-state index contributed by atoms with van der Waals surface area (Å²) in [5.74, 6) is 0.127. The van der Waals surface area contributed by atoms with Crippen LogP contribution < -0.4 is 0 Å². The molecular weight excluding hydrogens is 314 g/mol. The molecule has 2 nitrogen and oxygen atoms in total. The molecule has 0 aliphatic heterocycles. The number of Topliss-reactive ketones (excluding diaryl/α,β-unsaturated/α-hetero) is 1. The number of carbonyl (C=O) groups excluding carboxylic acids is 1. The van der Waals surface area contributed by atoms with Crippen molar-refractivity contribution in [3.05, 3.63) is 70.3 Å². The molecule has 0 fully saturated rings. The van der Waals surface area contributed by atoms with Crippen molar-refractivity contribution in [3.8, 4) is 0 Å². The fourth-order valence-electron chi connectivity index (χ4n) is 2.43. The minimum atomic E-state index is 0.127. The van der Waals surface area contributed by atoms with Gasteiger partial charge in [-0.15, -0.1) is 0 Å². The van der Waals surface area contributed by atoms with Crippen molar-refractivity contribution in [3.63, 3.8) is 0 Å². The van der Waals surface area contributed by atoms with Crippen LogP contribution in [0.1, 0.15) is 16.1 Å².